The summed E-state index contributed by atoms with van der Waals surface area (Å²) >= 11 is 0. The molecule has 0 aliphatic rings. The molecule has 0 spiro atoms. The number of amides is 3. The first-order valence-electron chi connectivity index (χ1n) is 12.4. The third-order valence-corrected chi connectivity index (χ3v) is 5.93. The van der Waals surface area contributed by atoms with E-state index in [4.69, 9.17) is 0 Å². The average Bonchev–Trinajstić information content (AvgIpc) is 2.96. The van der Waals surface area contributed by atoms with Gasteiger partial charge >= 0.3 is 0 Å². The molecule has 0 saturated carbocycles. The van der Waals surface area contributed by atoms with Gasteiger partial charge in [0.15, 0.2) is 0 Å². The first-order valence-corrected chi connectivity index (χ1v) is 12.4. The van der Waals surface area contributed by atoms with Gasteiger partial charge in [-0.3, -0.25) is 14.4 Å². The summed E-state index contributed by atoms with van der Waals surface area (Å²) < 4.78 is 0. The van der Waals surface area contributed by atoms with E-state index < -0.39 is 0 Å². The van der Waals surface area contributed by atoms with Gasteiger partial charge in [-0.1, -0.05) is 72.8 Å². The summed E-state index contributed by atoms with van der Waals surface area (Å²) in [7, 11) is 0. The molecule has 3 amide bonds. The van der Waals surface area contributed by atoms with E-state index in [-0.39, 0.29) is 30.3 Å². The van der Waals surface area contributed by atoms with Crippen LogP contribution in [0.4, 0.5) is 11.4 Å². The van der Waals surface area contributed by atoms with Crippen LogP contribution in [0.5, 0.6) is 0 Å². The van der Waals surface area contributed by atoms with Crippen LogP contribution in [-0.4, -0.2) is 24.3 Å². The number of carbonyl (C=O) groups is 3. The van der Waals surface area contributed by atoms with Crippen LogP contribution < -0.4 is 21.3 Å². The summed E-state index contributed by atoms with van der Waals surface area (Å²) in [6.07, 6.45) is 0. The molecular weight excluding hydrogens is 476 g/mol. The van der Waals surface area contributed by atoms with Crippen molar-refractivity contribution in [2.24, 2.45) is 0 Å². The van der Waals surface area contributed by atoms with Crippen LogP contribution in [0.15, 0.2) is 109 Å². The second-order valence-corrected chi connectivity index (χ2v) is 8.84. The highest BCUT2D eigenvalue weighted by Crippen LogP contribution is 2.15. The molecule has 7 nitrogen and oxygen atoms in total. The molecule has 38 heavy (non-hydrogen) atoms. The van der Waals surface area contributed by atoms with Crippen LogP contribution >= 0.6 is 0 Å². The molecule has 1 atom stereocenters. The molecule has 1 unspecified atom stereocenters. The standard InChI is InChI=1S/C31H30N4O3/c1-22(24-12-6-3-7-13-24)34-31(38)26-15-9-17-28(19-26)35-29(36)21-32-27-16-8-14-25(18-27)30(37)33-20-23-10-4-2-5-11-23/h2-19,22,32H,20-21H2,1H3,(H,33,37)(H,34,38)(H,35,36). The van der Waals surface area contributed by atoms with Crippen LogP contribution in [0, 0.1) is 0 Å². The van der Waals surface area contributed by atoms with Gasteiger partial charge in [0.2, 0.25) is 5.91 Å². The smallest absolute Gasteiger partial charge is 0.251 e. The Labute approximate surface area is 222 Å². The number of carbonyl (C=O) groups excluding carboxylic acids is 3. The highest BCUT2D eigenvalue weighted by Gasteiger charge is 2.13. The summed E-state index contributed by atoms with van der Waals surface area (Å²) in [5, 5.41) is 11.7. The maximum atomic E-state index is 12.7. The minimum Gasteiger partial charge on any atom is -0.376 e. The van der Waals surface area contributed by atoms with Crippen LogP contribution in [0.2, 0.25) is 0 Å². The molecule has 7 heteroatoms. The van der Waals surface area contributed by atoms with Gasteiger partial charge in [-0.15, -0.1) is 0 Å². The Morgan fingerprint density at radius 3 is 2.00 bits per heavy atom. The SMILES string of the molecule is CC(NC(=O)c1cccc(NC(=O)CNc2cccc(C(=O)NCc3ccccc3)c2)c1)c1ccccc1. The molecule has 0 saturated heterocycles. The van der Waals surface area contributed by atoms with E-state index in [2.05, 4.69) is 21.3 Å². The second-order valence-electron chi connectivity index (χ2n) is 8.84. The largest absolute Gasteiger partial charge is 0.376 e. The first kappa shape index (κ1) is 26.2. The fourth-order valence-electron chi connectivity index (χ4n) is 3.88. The van der Waals surface area contributed by atoms with Gasteiger partial charge in [0.25, 0.3) is 11.8 Å². The minimum atomic E-state index is -0.279. The Balaban J connectivity index is 1.28. The summed E-state index contributed by atoms with van der Waals surface area (Å²) in [5.41, 5.74) is 4.14. The number of benzene rings is 4. The summed E-state index contributed by atoms with van der Waals surface area (Å²) in [6, 6.07) is 33.0. The van der Waals surface area contributed by atoms with Gasteiger partial charge in [0, 0.05) is 29.0 Å². The van der Waals surface area contributed by atoms with E-state index >= 15 is 0 Å². The zero-order chi connectivity index (χ0) is 26.7. The van der Waals surface area contributed by atoms with E-state index in [1.807, 2.05) is 67.6 Å². The molecule has 4 aromatic rings. The lowest BCUT2D eigenvalue weighted by atomic mass is 10.1. The molecule has 0 aromatic heterocycles. The molecule has 0 radical (unpaired) electrons. The topological polar surface area (TPSA) is 99.3 Å². The van der Waals surface area contributed by atoms with E-state index in [1.54, 1.807) is 48.5 Å². The van der Waals surface area contributed by atoms with Gasteiger partial charge in [0.05, 0.1) is 12.6 Å². The van der Waals surface area contributed by atoms with Crippen molar-refractivity contribution in [1.29, 1.82) is 0 Å². The van der Waals surface area contributed by atoms with Crippen molar-refractivity contribution in [3.63, 3.8) is 0 Å². The maximum absolute atomic E-state index is 12.7. The van der Waals surface area contributed by atoms with Gasteiger partial charge in [0.1, 0.15) is 0 Å². The second kappa shape index (κ2) is 12.9. The summed E-state index contributed by atoms with van der Waals surface area (Å²) in [6.45, 7) is 2.35. The normalized spacial score (nSPS) is 11.2. The van der Waals surface area contributed by atoms with Crippen molar-refractivity contribution in [3.05, 3.63) is 131 Å². The zero-order valence-electron chi connectivity index (χ0n) is 21.1. The molecule has 4 N–H and O–H groups in total. The Morgan fingerprint density at radius 2 is 1.29 bits per heavy atom. The van der Waals surface area contributed by atoms with Gasteiger partial charge in [-0.05, 0) is 54.4 Å². The van der Waals surface area contributed by atoms with Crippen molar-refractivity contribution in [3.8, 4) is 0 Å². The van der Waals surface area contributed by atoms with Crippen molar-refractivity contribution in [2.75, 3.05) is 17.2 Å². The van der Waals surface area contributed by atoms with Crippen molar-refractivity contribution >= 4 is 29.1 Å². The van der Waals surface area contributed by atoms with Gasteiger partial charge in [-0.25, -0.2) is 0 Å². The summed E-state index contributed by atoms with van der Waals surface area (Å²) in [4.78, 5) is 37.8. The molecule has 0 fully saturated rings. The van der Waals surface area contributed by atoms with Gasteiger partial charge < -0.3 is 21.3 Å². The molecule has 4 rings (SSSR count). The molecule has 0 aliphatic heterocycles. The molecular formula is C31H30N4O3. The van der Waals surface area contributed by atoms with Gasteiger partial charge in [-0.2, -0.15) is 0 Å². The van der Waals surface area contributed by atoms with E-state index in [9.17, 15) is 14.4 Å². The fraction of sp³-hybridized carbons (Fsp3) is 0.129. The van der Waals surface area contributed by atoms with Crippen LogP contribution in [0.1, 0.15) is 44.8 Å². The predicted molar refractivity (Wildman–Crippen MR) is 150 cm³/mol. The van der Waals surface area contributed by atoms with Crippen LogP contribution in [0.3, 0.4) is 0 Å². The Hall–Kier alpha value is -4.91. The lowest BCUT2D eigenvalue weighted by Crippen LogP contribution is -2.27. The monoisotopic (exact) mass is 506 g/mol. The number of nitrogens with one attached hydrogen (secondary N) is 4. The third-order valence-electron chi connectivity index (χ3n) is 5.93. The number of rotatable bonds is 10. The van der Waals surface area contributed by atoms with E-state index in [0.29, 0.717) is 29.0 Å². The predicted octanol–water partition coefficient (Wildman–Crippen LogP) is 5.16. The maximum Gasteiger partial charge on any atom is 0.251 e. The quantitative estimate of drug-likeness (QED) is 0.239. The molecule has 192 valence electrons. The average molecular weight is 507 g/mol. The fourth-order valence-corrected chi connectivity index (χ4v) is 3.88. The molecule has 4 aromatic carbocycles. The van der Waals surface area contributed by atoms with E-state index in [1.165, 1.54) is 0 Å². The van der Waals surface area contributed by atoms with Crippen molar-refractivity contribution in [1.82, 2.24) is 10.6 Å². The van der Waals surface area contributed by atoms with Crippen molar-refractivity contribution < 1.29 is 14.4 Å². The molecule has 0 aliphatic carbocycles. The Morgan fingerprint density at radius 1 is 0.684 bits per heavy atom. The third kappa shape index (κ3) is 7.54. The van der Waals surface area contributed by atoms with Crippen molar-refractivity contribution in [2.45, 2.75) is 19.5 Å². The molecule has 0 bridgehead atoms. The lowest BCUT2D eigenvalue weighted by molar-refractivity contribution is -0.114. The Bertz CT molecular complexity index is 1390. The van der Waals surface area contributed by atoms with Crippen LogP contribution in [-0.2, 0) is 11.3 Å². The number of hydrogen-bond donors (Lipinski definition) is 4. The highest BCUT2D eigenvalue weighted by molar-refractivity contribution is 5.98. The lowest BCUT2D eigenvalue weighted by Gasteiger charge is -2.15. The van der Waals surface area contributed by atoms with Crippen LogP contribution in [0.25, 0.3) is 0 Å². The zero-order valence-corrected chi connectivity index (χ0v) is 21.1. The highest BCUT2D eigenvalue weighted by atomic mass is 16.2. The van der Waals surface area contributed by atoms with E-state index in [0.717, 1.165) is 11.1 Å². The first-order chi connectivity index (χ1) is 18.5. The molecule has 0 heterocycles. The number of anilines is 2. The Kier molecular flexibility index (Phi) is 8.86. The minimum absolute atomic E-state index is 0.00342. The number of hydrogen-bond acceptors (Lipinski definition) is 4. The summed E-state index contributed by atoms with van der Waals surface area (Å²) in [5.74, 6) is -0.698.